The normalized spacial score (nSPS) is 10.1. The topological polar surface area (TPSA) is 64.3 Å². The third-order valence-electron chi connectivity index (χ3n) is 2.29. The quantitative estimate of drug-likeness (QED) is 0.628. The van der Waals surface area contributed by atoms with Crippen molar-refractivity contribution in [2.75, 3.05) is 24.2 Å². The van der Waals surface area contributed by atoms with Crippen LogP contribution >= 0.6 is 11.6 Å². The van der Waals surface area contributed by atoms with Crippen molar-refractivity contribution in [3.8, 4) is 0 Å². The maximum atomic E-state index is 11.1. The van der Waals surface area contributed by atoms with Crippen LogP contribution in [0.1, 0.15) is 18.9 Å². The first-order valence-electron chi connectivity index (χ1n) is 5.49. The number of nitrogens with one attached hydrogen (secondary N) is 1. The molecule has 94 valence electrons. The minimum atomic E-state index is -0.209. The predicted molar refractivity (Wildman–Crippen MR) is 70.3 cm³/mol. The molecular formula is C12H17ClN2O2. The van der Waals surface area contributed by atoms with Crippen LogP contribution in [-0.2, 0) is 9.53 Å². The molecule has 0 bridgehead atoms. The fraction of sp³-hybridized carbons (Fsp3) is 0.417. The van der Waals surface area contributed by atoms with Crippen LogP contribution in [0.4, 0.5) is 11.4 Å². The van der Waals surface area contributed by atoms with Gasteiger partial charge in [-0.15, -0.1) is 0 Å². The van der Waals surface area contributed by atoms with Gasteiger partial charge in [0.1, 0.15) is 0 Å². The van der Waals surface area contributed by atoms with Crippen molar-refractivity contribution >= 4 is 28.9 Å². The molecule has 3 N–H and O–H groups in total. The fourth-order valence-electron chi connectivity index (χ4n) is 1.43. The molecule has 5 heteroatoms. The summed E-state index contributed by atoms with van der Waals surface area (Å²) >= 11 is 5.92. The Bertz CT molecular complexity index is 408. The Labute approximate surface area is 106 Å². The van der Waals surface area contributed by atoms with Gasteiger partial charge in [-0.05, 0) is 31.5 Å². The maximum Gasteiger partial charge on any atom is 0.307 e. The summed E-state index contributed by atoms with van der Waals surface area (Å²) in [6, 6.07) is 3.56. The molecule has 0 heterocycles. The standard InChI is InChI=1S/C12H17ClN2O2/c1-3-17-12(16)4-5-15-11-7-9(13)10(14)6-8(11)2/h6-7,15H,3-5,14H2,1-2H3. The number of carbonyl (C=O) groups is 1. The lowest BCUT2D eigenvalue weighted by Gasteiger charge is -2.11. The van der Waals surface area contributed by atoms with E-state index in [0.717, 1.165) is 11.3 Å². The molecule has 0 saturated heterocycles. The minimum absolute atomic E-state index is 0.209. The van der Waals surface area contributed by atoms with Crippen LogP contribution in [0.3, 0.4) is 0 Å². The van der Waals surface area contributed by atoms with Gasteiger partial charge in [-0.1, -0.05) is 11.6 Å². The number of carbonyl (C=O) groups excluding carboxylic acids is 1. The lowest BCUT2D eigenvalue weighted by atomic mass is 10.2. The van der Waals surface area contributed by atoms with Crippen LogP contribution in [0.2, 0.25) is 5.02 Å². The van der Waals surface area contributed by atoms with Gasteiger partial charge in [0.05, 0.1) is 23.7 Å². The van der Waals surface area contributed by atoms with Crippen LogP contribution < -0.4 is 11.1 Å². The molecule has 0 amide bonds. The molecule has 0 saturated carbocycles. The molecule has 1 aromatic carbocycles. The van der Waals surface area contributed by atoms with Crippen molar-refractivity contribution in [1.82, 2.24) is 0 Å². The van der Waals surface area contributed by atoms with E-state index in [9.17, 15) is 4.79 Å². The van der Waals surface area contributed by atoms with Gasteiger partial charge in [-0.3, -0.25) is 4.79 Å². The zero-order valence-corrected chi connectivity index (χ0v) is 10.8. The Balaban J connectivity index is 2.52. The minimum Gasteiger partial charge on any atom is -0.466 e. The van der Waals surface area contributed by atoms with Crippen molar-refractivity contribution in [2.24, 2.45) is 0 Å². The largest absolute Gasteiger partial charge is 0.466 e. The van der Waals surface area contributed by atoms with Gasteiger partial charge in [0.25, 0.3) is 0 Å². The van der Waals surface area contributed by atoms with Gasteiger partial charge < -0.3 is 15.8 Å². The number of aryl methyl sites for hydroxylation is 1. The van der Waals surface area contributed by atoms with Gasteiger partial charge in [0.15, 0.2) is 0 Å². The predicted octanol–water partition coefficient (Wildman–Crippen LogP) is 2.60. The SMILES string of the molecule is CCOC(=O)CCNc1cc(Cl)c(N)cc1C. The third kappa shape index (κ3) is 4.15. The Morgan fingerprint density at radius 2 is 2.24 bits per heavy atom. The average molecular weight is 257 g/mol. The third-order valence-corrected chi connectivity index (χ3v) is 2.62. The van der Waals surface area contributed by atoms with Crippen molar-refractivity contribution in [3.63, 3.8) is 0 Å². The van der Waals surface area contributed by atoms with Crippen molar-refractivity contribution in [2.45, 2.75) is 20.3 Å². The summed E-state index contributed by atoms with van der Waals surface area (Å²) in [6.45, 7) is 4.64. The Hall–Kier alpha value is -1.42. The molecule has 0 atom stereocenters. The molecule has 0 aliphatic carbocycles. The molecular weight excluding hydrogens is 240 g/mol. The average Bonchev–Trinajstić information content (AvgIpc) is 2.26. The molecule has 0 unspecified atom stereocenters. The molecule has 0 aliphatic rings. The molecule has 0 spiro atoms. The van der Waals surface area contributed by atoms with Crippen LogP contribution in [0.25, 0.3) is 0 Å². The Morgan fingerprint density at radius 1 is 1.53 bits per heavy atom. The first-order chi connectivity index (χ1) is 8.04. The highest BCUT2D eigenvalue weighted by Gasteiger charge is 2.05. The van der Waals surface area contributed by atoms with Gasteiger partial charge in [0, 0.05) is 12.2 Å². The second-order valence-electron chi connectivity index (χ2n) is 3.67. The molecule has 0 aromatic heterocycles. The van der Waals surface area contributed by atoms with Gasteiger partial charge in [0.2, 0.25) is 0 Å². The van der Waals surface area contributed by atoms with E-state index in [0.29, 0.717) is 30.3 Å². The van der Waals surface area contributed by atoms with Crippen molar-refractivity contribution in [1.29, 1.82) is 0 Å². The van der Waals surface area contributed by atoms with E-state index >= 15 is 0 Å². The summed E-state index contributed by atoms with van der Waals surface area (Å²) in [5.41, 5.74) is 8.11. The second kappa shape index (κ2) is 6.35. The summed E-state index contributed by atoms with van der Waals surface area (Å²) in [5, 5.41) is 3.64. The summed E-state index contributed by atoms with van der Waals surface area (Å²) < 4.78 is 4.83. The van der Waals surface area contributed by atoms with E-state index in [4.69, 9.17) is 22.1 Å². The molecule has 0 fully saturated rings. The highest BCUT2D eigenvalue weighted by molar-refractivity contribution is 6.33. The van der Waals surface area contributed by atoms with Gasteiger partial charge in [-0.2, -0.15) is 0 Å². The van der Waals surface area contributed by atoms with E-state index < -0.39 is 0 Å². The zero-order chi connectivity index (χ0) is 12.8. The number of ether oxygens (including phenoxy) is 1. The number of nitrogens with two attached hydrogens (primary N) is 1. The first-order valence-corrected chi connectivity index (χ1v) is 5.87. The molecule has 0 radical (unpaired) electrons. The fourth-order valence-corrected chi connectivity index (χ4v) is 1.59. The lowest BCUT2D eigenvalue weighted by Crippen LogP contribution is -2.12. The number of benzene rings is 1. The maximum absolute atomic E-state index is 11.1. The second-order valence-corrected chi connectivity index (χ2v) is 4.08. The lowest BCUT2D eigenvalue weighted by molar-refractivity contribution is -0.142. The number of esters is 1. The number of anilines is 2. The Kier molecular flexibility index (Phi) is 5.10. The first kappa shape index (κ1) is 13.6. The molecule has 1 rings (SSSR count). The highest BCUT2D eigenvalue weighted by Crippen LogP contribution is 2.26. The smallest absolute Gasteiger partial charge is 0.307 e. The number of hydrogen-bond donors (Lipinski definition) is 2. The van der Waals surface area contributed by atoms with Crippen LogP contribution in [0, 0.1) is 6.92 Å². The number of halogens is 1. The van der Waals surface area contributed by atoms with Crippen molar-refractivity contribution in [3.05, 3.63) is 22.7 Å². The van der Waals surface area contributed by atoms with E-state index in [1.807, 2.05) is 6.92 Å². The molecule has 17 heavy (non-hydrogen) atoms. The number of hydrogen-bond acceptors (Lipinski definition) is 4. The van der Waals surface area contributed by atoms with Gasteiger partial charge >= 0.3 is 5.97 Å². The summed E-state index contributed by atoms with van der Waals surface area (Å²) in [5.74, 6) is -0.209. The Morgan fingerprint density at radius 3 is 2.88 bits per heavy atom. The van der Waals surface area contributed by atoms with E-state index in [2.05, 4.69) is 5.32 Å². The number of rotatable bonds is 5. The van der Waals surface area contributed by atoms with Crippen LogP contribution in [-0.4, -0.2) is 19.1 Å². The zero-order valence-electron chi connectivity index (χ0n) is 10.0. The van der Waals surface area contributed by atoms with Crippen molar-refractivity contribution < 1.29 is 9.53 Å². The van der Waals surface area contributed by atoms with Gasteiger partial charge in [-0.25, -0.2) is 0 Å². The van der Waals surface area contributed by atoms with E-state index in [-0.39, 0.29) is 5.97 Å². The van der Waals surface area contributed by atoms with E-state index in [1.54, 1.807) is 19.1 Å². The summed E-state index contributed by atoms with van der Waals surface area (Å²) in [4.78, 5) is 11.1. The molecule has 0 aliphatic heterocycles. The number of nitrogen functional groups attached to an aromatic ring is 1. The summed E-state index contributed by atoms with van der Waals surface area (Å²) in [7, 11) is 0. The van der Waals surface area contributed by atoms with E-state index in [1.165, 1.54) is 0 Å². The van der Waals surface area contributed by atoms with Crippen LogP contribution in [0.5, 0.6) is 0 Å². The molecule has 4 nitrogen and oxygen atoms in total. The van der Waals surface area contributed by atoms with Crippen LogP contribution in [0.15, 0.2) is 12.1 Å². The molecule has 1 aromatic rings. The summed E-state index contributed by atoms with van der Waals surface area (Å²) in [6.07, 6.45) is 0.329. The highest BCUT2D eigenvalue weighted by atomic mass is 35.5. The monoisotopic (exact) mass is 256 g/mol.